The van der Waals surface area contributed by atoms with Gasteiger partial charge in [0.2, 0.25) is 0 Å². The number of aromatic nitrogens is 6. The Bertz CT molecular complexity index is 807. The highest BCUT2D eigenvalue weighted by molar-refractivity contribution is 5.51. The predicted molar refractivity (Wildman–Crippen MR) is 86.8 cm³/mol. The van der Waals surface area contributed by atoms with Crippen molar-refractivity contribution in [1.29, 1.82) is 0 Å². The summed E-state index contributed by atoms with van der Waals surface area (Å²) in [6, 6.07) is 5.89. The number of nitrogens with zero attached hydrogens (tertiary/aromatic N) is 8. The third-order valence-electron chi connectivity index (χ3n) is 3.98. The van der Waals surface area contributed by atoms with Gasteiger partial charge in [-0.25, -0.2) is 9.97 Å². The maximum absolute atomic E-state index is 4.55. The molecule has 9 heteroatoms. The van der Waals surface area contributed by atoms with Crippen LogP contribution >= 0.6 is 0 Å². The number of fused-ring (bicyclic) bond motifs is 1. The minimum absolute atomic E-state index is 0.757. The van der Waals surface area contributed by atoms with Crippen molar-refractivity contribution in [2.45, 2.75) is 0 Å². The number of nitrogens with one attached hydrogen (secondary N) is 1. The summed E-state index contributed by atoms with van der Waals surface area (Å²) in [5, 5.41) is 15.4. The molecule has 9 nitrogen and oxygen atoms in total. The van der Waals surface area contributed by atoms with Gasteiger partial charge in [-0.2, -0.15) is 4.52 Å². The molecule has 0 unspecified atom stereocenters. The number of hydrogen-bond donors (Lipinski definition) is 1. The van der Waals surface area contributed by atoms with Gasteiger partial charge in [0.05, 0.1) is 0 Å². The Hall–Kier alpha value is -2.97. The zero-order valence-electron chi connectivity index (χ0n) is 12.8. The second-order valence-electron chi connectivity index (χ2n) is 5.31. The van der Waals surface area contributed by atoms with E-state index in [1.807, 2.05) is 25.2 Å². The van der Waals surface area contributed by atoms with Crippen molar-refractivity contribution in [2.24, 2.45) is 0 Å². The molecule has 0 amide bonds. The van der Waals surface area contributed by atoms with E-state index in [-0.39, 0.29) is 0 Å². The lowest BCUT2D eigenvalue weighted by Crippen LogP contribution is -2.47. The van der Waals surface area contributed by atoms with E-state index in [0.717, 1.165) is 49.3 Å². The number of rotatable bonds is 3. The molecule has 1 N–H and O–H groups in total. The summed E-state index contributed by atoms with van der Waals surface area (Å²) in [6.07, 6.45) is 3.21. The molecule has 23 heavy (non-hydrogen) atoms. The van der Waals surface area contributed by atoms with E-state index in [4.69, 9.17) is 0 Å². The van der Waals surface area contributed by atoms with Crippen LogP contribution in [-0.4, -0.2) is 63.0 Å². The molecule has 1 aliphatic rings. The van der Waals surface area contributed by atoms with Gasteiger partial charge >= 0.3 is 0 Å². The van der Waals surface area contributed by atoms with Crippen LogP contribution < -0.4 is 15.1 Å². The quantitative estimate of drug-likeness (QED) is 0.738. The second kappa shape index (κ2) is 5.67. The van der Waals surface area contributed by atoms with Crippen LogP contribution in [-0.2, 0) is 0 Å². The topological polar surface area (TPSA) is 87.4 Å². The fourth-order valence-corrected chi connectivity index (χ4v) is 2.71. The van der Waals surface area contributed by atoms with Gasteiger partial charge in [-0.05, 0) is 12.1 Å². The first kappa shape index (κ1) is 13.7. The van der Waals surface area contributed by atoms with Crippen molar-refractivity contribution >= 4 is 23.1 Å². The monoisotopic (exact) mass is 311 g/mol. The molecule has 4 rings (SSSR count). The van der Waals surface area contributed by atoms with Gasteiger partial charge in [0.1, 0.15) is 30.1 Å². The lowest BCUT2D eigenvalue weighted by molar-refractivity contribution is 0.635. The lowest BCUT2D eigenvalue weighted by Gasteiger charge is -2.35. The standard InChI is InChI=1S/C14H17N9/c1-15-11-8-14(17-9-16-11)22-6-4-21(5-7-22)13-3-2-12-19-18-10-23(12)20-13/h2-3,8-10H,4-7H2,1H3,(H,15,16,17). The fourth-order valence-electron chi connectivity index (χ4n) is 2.71. The summed E-state index contributed by atoms with van der Waals surface area (Å²) < 4.78 is 1.70. The molecule has 0 spiro atoms. The van der Waals surface area contributed by atoms with E-state index >= 15 is 0 Å². The van der Waals surface area contributed by atoms with Crippen LogP contribution in [0.3, 0.4) is 0 Å². The van der Waals surface area contributed by atoms with Gasteiger partial charge in [0.15, 0.2) is 5.65 Å². The van der Waals surface area contributed by atoms with Crippen LogP contribution in [0.2, 0.25) is 0 Å². The molecular weight excluding hydrogens is 294 g/mol. The Balaban J connectivity index is 1.47. The summed E-state index contributed by atoms with van der Waals surface area (Å²) >= 11 is 0. The van der Waals surface area contributed by atoms with Crippen LogP contribution in [0.5, 0.6) is 0 Å². The van der Waals surface area contributed by atoms with Crippen molar-refractivity contribution in [3.8, 4) is 0 Å². The second-order valence-corrected chi connectivity index (χ2v) is 5.31. The van der Waals surface area contributed by atoms with E-state index in [1.165, 1.54) is 0 Å². The maximum Gasteiger partial charge on any atom is 0.177 e. The van der Waals surface area contributed by atoms with E-state index < -0.39 is 0 Å². The Labute approximate surface area is 133 Å². The highest BCUT2D eigenvalue weighted by Gasteiger charge is 2.20. The van der Waals surface area contributed by atoms with Gasteiger partial charge in [-0.3, -0.25) is 0 Å². The minimum atomic E-state index is 0.757. The van der Waals surface area contributed by atoms with Gasteiger partial charge in [0, 0.05) is 39.3 Å². The molecule has 0 radical (unpaired) electrons. The normalized spacial score (nSPS) is 15.2. The highest BCUT2D eigenvalue weighted by atomic mass is 15.4. The average molecular weight is 311 g/mol. The minimum Gasteiger partial charge on any atom is -0.373 e. The molecule has 3 aromatic rings. The summed E-state index contributed by atoms with van der Waals surface area (Å²) in [5.41, 5.74) is 0.757. The van der Waals surface area contributed by atoms with Gasteiger partial charge in [-0.15, -0.1) is 15.3 Å². The first-order valence-electron chi connectivity index (χ1n) is 7.50. The predicted octanol–water partition coefficient (Wildman–Crippen LogP) is 0.283. The van der Waals surface area contributed by atoms with Crippen LogP contribution in [0.15, 0.2) is 30.9 Å². The molecule has 0 atom stereocenters. The average Bonchev–Trinajstić information content (AvgIpc) is 3.09. The van der Waals surface area contributed by atoms with E-state index in [0.29, 0.717) is 0 Å². The Morgan fingerprint density at radius 2 is 1.78 bits per heavy atom. The molecular formula is C14H17N9. The van der Waals surface area contributed by atoms with Crippen LogP contribution in [0.4, 0.5) is 17.5 Å². The molecule has 118 valence electrons. The van der Waals surface area contributed by atoms with Crippen molar-refractivity contribution in [3.63, 3.8) is 0 Å². The summed E-state index contributed by atoms with van der Waals surface area (Å²) in [7, 11) is 1.86. The van der Waals surface area contributed by atoms with Crippen molar-refractivity contribution < 1.29 is 0 Å². The Morgan fingerprint density at radius 3 is 2.57 bits per heavy atom. The third-order valence-corrected chi connectivity index (χ3v) is 3.98. The van der Waals surface area contributed by atoms with Crippen LogP contribution in [0.1, 0.15) is 0 Å². The summed E-state index contributed by atoms with van der Waals surface area (Å²) in [4.78, 5) is 13.0. The van der Waals surface area contributed by atoms with Gasteiger partial charge in [-0.1, -0.05) is 0 Å². The molecule has 1 fully saturated rings. The fraction of sp³-hybridized carbons (Fsp3) is 0.357. The van der Waals surface area contributed by atoms with Gasteiger partial charge < -0.3 is 15.1 Å². The first-order valence-corrected chi connectivity index (χ1v) is 7.50. The number of anilines is 3. The maximum atomic E-state index is 4.55. The zero-order valence-corrected chi connectivity index (χ0v) is 12.8. The van der Waals surface area contributed by atoms with E-state index in [1.54, 1.807) is 17.2 Å². The molecule has 0 aromatic carbocycles. The highest BCUT2D eigenvalue weighted by Crippen LogP contribution is 2.19. The molecule has 0 aliphatic carbocycles. The summed E-state index contributed by atoms with van der Waals surface area (Å²) in [5.74, 6) is 2.72. The van der Waals surface area contributed by atoms with Crippen molar-refractivity contribution in [1.82, 2.24) is 29.8 Å². The van der Waals surface area contributed by atoms with E-state index in [9.17, 15) is 0 Å². The molecule has 1 saturated heterocycles. The summed E-state index contributed by atoms with van der Waals surface area (Å²) in [6.45, 7) is 3.56. The molecule has 3 aromatic heterocycles. The first-order chi connectivity index (χ1) is 11.3. The van der Waals surface area contributed by atoms with Crippen LogP contribution in [0.25, 0.3) is 5.65 Å². The Kier molecular flexibility index (Phi) is 3.37. The van der Waals surface area contributed by atoms with E-state index in [2.05, 4.69) is 40.4 Å². The molecule has 0 saturated carbocycles. The molecule has 0 bridgehead atoms. The van der Waals surface area contributed by atoms with Crippen molar-refractivity contribution in [2.75, 3.05) is 48.3 Å². The lowest BCUT2D eigenvalue weighted by atomic mass is 10.3. The van der Waals surface area contributed by atoms with Crippen LogP contribution in [0, 0.1) is 0 Å². The van der Waals surface area contributed by atoms with Crippen molar-refractivity contribution in [3.05, 3.63) is 30.9 Å². The smallest absolute Gasteiger partial charge is 0.177 e. The third kappa shape index (κ3) is 2.60. The molecule has 1 aliphatic heterocycles. The number of hydrogen-bond acceptors (Lipinski definition) is 8. The largest absolute Gasteiger partial charge is 0.373 e. The number of piperazine rings is 1. The zero-order chi connectivity index (χ0) is 15.6. The Morgan fingerprint density at radius 1 is 1.00 bits per heavy atom. The SMILES string of the molecule is CNc1cc(N2CCN(c3ccc4nncn4n3)CC2)ncn1. The van der Waals surface area contributed by atoms with Gasteiger partial charge in [0.25, 0.3) is 0 Å². The molecule has 4 heterocycles.